The Balaban J connectivity index is 2.53. The highest BCUT2D eigenvalue weighted by Gasteiger charge is 2.22. The first-order valence-electron chi connectivity index (χ1n) is 6.43. The summed E-state index contributed by atoms with van der Waals surface area (Å²) in [7, 11) is -0.991. The zero-order valence-electron chi connectivity index (χ0n) is 12.4. The molecule has 2 rings (SSSR count). The first-order chi connectivity index (χ1) is 10.6. The van der Waals surface area contributed by atoms with E-state index in [2.05, 4.69) is 0 Å². The van der Waals surface area contributed by atoms with Gasteiger partial charge in [0.1, 0.15) is 0 Å². The summed E-state index contributed by atoms with van der Waals surface area (Å²) in [4.78, 5) is 24.6. The minimum Gasteiger partial charge on any atom is -0.477 e. The van der Waals surface area contributed by atoms with Gasteiger partial charge in [-0.2, -0.15) is 8.42 Å². The van der Waals surface area contributed by atoms with Crippen molar-refractivity contribution < 1.29 is 23.1 Å². The van der Waals surface area contributed by atoms with E-state index in [1.54, 1.807) is 26.2 Å². The maximum absolute atomic E-state index is 11.8. The molecule has 3 N–H and O–H groups in total. The average Bonchev–Trinajstić information content (AvgIpc) is 2.91. The van der Waals surface area contributed by atoms with E-state index >= 15 is 0 Å². The van der Waals surface area contributed by atoms with Crippen molar-refractivity contribution in [1.29, 1.82) is 0 Å². The molecule has 1 aromatic carbocycles. The SMILES string of the molecule is CN(C)C(=O)c1ccc(-c2ccn(S(N)(=O)=O)c2C(=O)O)cc1. The van der Waals surface area contributed by atoms with E-state index in [1.165, 1.54) is 23.1 Å². The fourth-order valence-electron chi connectivity index (χ4n) is 2.12. The lowest BCUT2D eigenvalue weighted by Gasteiger charge is -2.10. The molecule has 0 bridgehead atoms. The van der Waals surface area contributed by atoms with Gasteiger partial charge in [-0.3, -0.25) is 4.79 Å². The minimum atomic E-state index is -4.22. The molecule has 0 spiro atoms. The number of hydrogen-bond donors (Lipinski definition) is 2. The fraction of sp³-hybridized carbons (Fsp3) is 0.143. The van der Waals surface area contributed by atoms with Crippen molar-refractivity contribution in [3.63, 3.8) is 0 Å². The van der Waals surface area contributed by atoms with Gasteiger partial charge in [-0.15, -0.1) is 0 Å². The number of carboxylic acids is 1. The molecule has 1 amide bonds. The Hall–Kier alpha value is -2.65. The molecule has 0 atom stereocenters. The van der Waals surface area contributed by atoms with Gasteiger partial charge < -0.3 is 10.0 Å². The van der Waals surface area contributed by atoms with Crippen LogP contribution in [0.5, 0.6) is 0 Å². The molecule has 0 fully saturated rings. The molecule has 122 valence electrons. The zero-order valence-corrected chi connectivity index (χ0v) is 13.2. The number of nitrogens with zero attached hydrogens (tertiary/aromatic N) is 2. The fourth-order valence-corrected chi connectivity index (χ4v) is 2.78. The molecule has 23 heavy (non-hydrogen) atoms. The van der Waals surface area contributed by atoms with Crippen LogP contribution in [0.25, 0.3) is 11.1 Å². The highest BCUT2D eigenvalue weighted by Crippen LogP contribution is 2.26. The monoisotopic (exact) mass is 337 g/mol. The van der Waals surface area contributed by atoms with Gasteiger partial charge in [-0.25, -0.2) is 13.9 Å². The Labute approximate surface area is 132 Å². The predicted octanol–water partition coefficient (Wildman–Crippen LogP) is 0.607. The summed E-state index contributed by atoms with van der Waals surface area (Å²) < 4.78 is 23.4. The number of rotatable bonds is 4. The Bertz CT molecular complexity index is 866. The average molecular weight is 337 g/mol. The first-order valence-corrected chi connectivity index (χ1v) is 7.93. The second-order valence-electron chi connectivity index (χ2n) is 5.00. The largest absolute Gasteiger partial charge is 0.477 e. The van der Waals surface area contributed by atoms with Gasteiger partial charge >= 0.3 is 16.2 Å². The van der Waals surface area contributed by atoms with Gasteiger partial charge in [-0.05, 0) is 23.8 Å². The smallest absolute Gasteiger partial charge is 0.354 e. The van der Waals surface area contributed by atoms with Crippen molar-refractivity contribution in [3.8, 4) is 11.1 Å². The standard InChI is InChI=1S/C14H15N3O5S/c1-16(2)13(18)10-5-3-9(4-6-10)11-7-8-17(23(15,21)22)12(11)14(19)20/h3-8H,1-2H3,(H,19,20)(H2,15,21,22). The number of carboxylic acid groups (broad SMARTS) is 1. The van der Waals surface area contributed by atoms with Crippen molar-refractivity contribution >= 4 is 22.1 Å². The number of carbonyl (C=O) groups is 2. The van der Waals surface area contributed by atoms with E-state index in [9.17, 15) is 23.1 Å². The summed E-state index contributed by atoms with van der Waals surface area (Å²) in [5.41, 5.74) is 0.621. The topological polar surface area (TPSA) is 123 Å². The van der Waals surface area contributed by atoms with E-state index in [-0.39, 0.29) is 11.5 Å². The Morgan fingerprint density at radius 2 is 1.70 bits per heavy atom. The van der Waals surface area contributed by atoms with Crippen molar-refractivity contribution in [2.24, 2.45) is 5.14 Å². The van der Waals surface area contributed by atoms with Crippen molar-refractivity contribution in [2.45, 2.75) is 0 Å². The number of carbonyl (C=O) groups excluding carboxylic acids is 1. The highest BCUT2D eigenvalue weighted by atomic mass is 32.2. The number of benzene rings is 1. The molecule has 1 heterocycles. The van der Waals surface area contributed by atoms with E-state index < -0.39 is 21.9 Å². The minimum absolute atomic E-state index is 0.190. The molecular weight excluding hydrogens is 322 g/mol. The van der Waals surface area contributed by atoms with Crippen LogP contribution in [0, 0.1) is 0 Å². The number of aromatic nitrogens is 1. The van der Waals surface area contributed by atoms with Gasteiger partial charge in [0.05, 0.1) is 0 Å². The quantitative estimate of drug-likeness (QED) is 0.846. The van der Waals surface area contributed by atoms with Crippen LogP contribution in [-0.4, -0.2) is 48.4 Å². The lowest BCUT2D eigenvalue weighted by Crippen LogP contribution is -2.24. The third-order valence-electron chi connectivity index (χ3n) is 3.18. The molecule has 0 saturated carbocycles. The summed E-state index contributed by atoms with van der Waals surface area (Å²) in [6, 6.07) is 7.52. The number of amides is 1. The third kappa shape index (κ3) is 3.25. The second-order valence-corrected chi connectivity index (χ2v) is 6.42. The summed E-state index contributed by atoms with van der Waals surface area (Å²) in [5.74, 6) is -1.62. The van der Waals surface area contributed by atoms with E-state index in [1.807, 2.05) is 0 Å². The van der Waals surface area contributed by atoms with E-state index in [0.717, 1.165) is 6.20 Å². The van der Waals surface area contributed by atoms with E-state index in [4.69, 9.17) is 5.14 Å². The van der Waals surface area contributed by atoms with Gasteiger partial charge in [-0.1, -0.05) is 12.1 Å². The summed E-state index contributed by atoms with van der Waals surface area (Å²) in [6.45, 7) is 0. The van der Waals surface area contributed by atoms with Crippen LogP contribution >= 0.6 is 0 Å². The molecule has 2 aromatic rings. The van der Waals surface area contributed by atoms with Gasteiger partial charge in [0.2, 0.25) is 0 Å². The third-order valence-corrected chi connectivity index (χ3v) is 4.03. The maximum Gasteiger partial charge on any atom is 0.354 e. The van der Waals surface area contributed by atoms with Crippen molar-refractivity contribution in [1.82, 2.24) is 8.87 Å². The molecule has 0 aliphatic carbocycles. The molecule has 0 aliphatic heterocycles. The van der Waals surface area contributed by atoms with Gasteiger partial charge in [0.15, 0.2) is 5.69 Å². The first kappa shape index (κ1) is 16.7. The molecular formula is C14H15N3O5S. The molecule has 0 aliphatic rings. The number of hydrogen-bond acceptors (Lipinski definition) is 4. The van der Waals surface area contributed by atoms with Crippen molar-refractivity contribution in [3.05, 3.63) is 47.8 Å². The van der Waals surface area contributed by atoms with Gasteiger partial charge in [0.25, 0.3) is 5.91 Å². The lowest BCUT2D eigenvalue weighted by atomic mass is 10.0. The van der Waals surface area contributed by atoms with Gasteiger partial charge in [0, 0.05) is 31.4 Å². The molecule has 8 nitrogen and oxygen atoms in total. The molecule has 0 unspecified atom stereocenters. The van der Waals surface area contributed by atoms with E-state index in [0.29, 0.717) is 15.1 Å². The number of nitrogens with two attached hydrogens (primary N) is 1. The van der Waals surface area contributed by atoms with Crippen LogP contribution in [0.15, 0.2) is 36.5 Å². The Kier molecular flexibility index (Phi) is 4.26. The van der Waals surface area contributed by atoms with Crippen molar-refractivity contribution in [2.75, 3.05) is 14.1 Å². The summed E-state index contributed by atoms with van der Waals surface area (Å²) >= 11 is 0. The normalized spacial score (nSPS) is 11.3. The zero-order chi connectivity index (χ0) is 17.4. The Morgan fingerprint density at radius 3 is 2.13 bits per heavy atom. The maximum atomic E-state index is 11.8. The molecule has 1 aromatic heterocycles. The predicted molar refractivity (Wildman–Crippen MR) is 83.4 cm³/mol. The highest BCUT2D eigenvalue weighted by molar-refractivity contribution is 7.87. The van der Waals surface area contributed by atoms with Crippen LogP contribution in [0.4, 0.5) is 0 Å². The Morgan fingerprint density at radius 1 is 1.13 bits per heavy atom. The lowest BCUT2D eigenvalue weighted by molar-refractivity contribution is 0.0689. The molecule has 9 heteroatoms. The number of aromatic carboxylic acids is 1. The van der Waals surface area contributed by atoms with Crippen LogP contribution in [0.1, 0.15) is 20.8 Å². The second kappa shape index (κ2) is 5.86. The summed E-state index contributed by atoms with van der Waals surface area (Å²) in [6.07, 6.45) is 1.08. The van der Waals surface area contributed by atoms with Crippen LogP contribution in [-0.2, 0) is 10.2 Å². The molecule has 0 saturated heterocycles. The van der Waals surface area contributed by atoms with Crippen LogP contribution < -0.4 is 5.14 Å². The molecule has 0 radical (unpaired) electrons. The van der Waals surface area contributed by atoms with Crippen LogP contribution in [0.2, 0.25) is 0 Å². The summed E-state index contributed by atoms with van der Waals surface area (Å²) in [5, 5.41) is 14.3. The van der Waals surface area contributed by atoms with Crippen LogP contribution in [0.3, 0.4) is 0 Å².